The molecular weight excluding hydrogens is 569 g/mol. The van der Waals surface area contributed by atoms with Gasteiger partial charge < -0.3 is 18.9 Å². The van der Waals surface area contributed by atoms with Crippen molar-refractivity contribution in [2.45, 2.75) is 9.79 Å². The zero-order valence-electron chi connectivity index (χ0n) is 19.8. The minimum absolute atomic E-state index is 0.584. The second-order valence-corrected chi connectivity index (χ2v) is 14.0. The molecule has 0 N–H and O–H groups in total. The number of thiophene rings is 4. The average molecular weight is 597 g/mol. The highest BCUT2D eigenvalue weighted by atomic mass is 32.2. The zero-order chi connectivity index (χ0) is 24.4. The van der Waals surface area contributed by atoms with Crippen molar-refractivity contribution in [2.24, 2.45) is 0 Å². The summed E-state index contributed by atoms with van der Waals surface area (Å²) in [6, 6.07) is 13.5. The summed E-state index contributed by atoms with van der Waals surface area (Å²) in [5.74, 6) is 1.86. The first kappa shape index (κ1) is 26.9. The molecule has 0 spiro atoms. The van der Waals surface area contributed by atoms with E-state index in [4.69, 9.17) is 18.9 Å². The molecule has 10 heteroatoms. The predicted molar refractivity (Wildman–Crippen MR) is 159 cm³/mol. The van der Waals surface area contributed by atoms with Crippen LogP contribution in [-0.2, 0) is 18.9 Å². The highest BCUT2D eigenvalue weighted by molar-refractivity contribution is 7.99. The van der Waals surface area contributed by atoms with Gasteiger partial charge in [-0.1, -0.05) is 0 Å². The van der Waals surface area contributed by atoms with Crippen LogP contribution in [-0.4, -0.2) is 64.4 Å². The summed E-state index contributed by atoms with van der Waals surface area (Å²) in [6.07, 6.45) is 0. The molecule has 0 atom stereocenters. The molecule has 0 fully saturated rings. The Morgan fingerprint density at radius 3 is 1.28 bits per heavy atom. The van der Waals surface area contributed by atoms with E-state index in [1.165, 1.54) is 39.1 Å². The first-order valence-electron chi connectivity index (χ1n) is 11.8. The largest absolute Gasteiger partial charge is 0.378 e. The van der Waals surface area contributed by atoms with Crippen LogP contribution in [0.2, 0.25) is 0 Å². The summed E-state index contributed by atoms with van der Waals surface area (Å²) in [5, 5.41) is 4.38. The molecule has 0 amide bonds. The van der Waals surface area contributed by atoms with Gasteiger partial charge in [0.05, 0.1) is 62.6 Å². The fourth-order valence-corrected chi connectivity index (χ4v) is 10.1. The maximum Gasteiger partial charge on any atom is 0.0701 e. The van der Waals surface area contributed by atoms with Crippen LogP contribution in [0.3, 0.4) is 0 Å². The average Bonchev–Trinajstić information content (AvgIpc) is 3.69. The van der Waals surface area contributed by atoms with E-state index in [1.807, 2.05) is 68.9 Å². The lowest BCUT2D eigenvalue weighted by molar-refractivity contribution is 0.00146. The Balaban J connectivity index is 1.28. The molecule has 0 aliphatic carbocycles. The fourth-order valence-electron chi connectivity index (χ4n) is 3.55. The van der Waals surface area contributed by atoms with Gasteiger partial charge in [0.2, 0.25) is 0 Å². The Morgan fingerprint density at radius 2 is 0.833 bits per heavy atom. The van der Waals surface area contributed by atoms with Crippen molar-refractivity contribution in [1.82, 2.24) is 0 Å². The van der Waals surface area contributed by atoms with Gasteiger partial charge in [-0.2, -0.15) is 0 Å². The number of hydrogen-bond acceptors (Lipinski definition) is 10. The van der Waals surface area contributed by atoms with Crippen molar-refractivity contribution in [3.63, 3.8) is 0 Å². The van der Waals surface area contributed by atoms with Crippen molar-refractivity contribution in [1.29, 1.82) is 0 Å². The molecule has 5 heterocycles. The number of fused-ring (bicyclic) bond motifs is 9. The van der Waals surface area contributed by atoms with E-state index in [-0.39, 0.29) is 0 Å². The summed E-state index contributed by atoms with van der Waals surface area (Å²) in [7, 11) is 0. The Kier molecular flexibility index (Phi) is 10.8. The van der Waals surface area contributed by atoms with Gasteiger partial charge in [-0.05, 0) is 47.2 Å². The second kappa shape index (κ2) is 14.5. The van der Waals surface area contributed by atoms with Crippen molar-refractivity contribution >= 4 is 68.9 Å². The normalized spacial score (nSPS) is 17.3. The number of thioether (sulfide) groups is 2. The van der Waals surface area contributed by atoms with Gasteiger partial charge in [0, 0.05) is 40.8 Å². The third kappa shape index (κ3) is 7.47. The number of rotatable bonds is 0. The molecule has 0 radical (unpaired) electrons. The third-order valence-corrected chi connectivity index (χ3v) is 12.1. The van der Waals surface area contributed by atoms with Gasteiger partial charge in [-0.3, -0.25) is 0 Å². The summed E-state index contributed by atoms with van der Waals surface area (Å²) >= 11 is 11.1. The van der Waals surface area contributed by atoms with Gasteiger partial charge >= 0.3 is 0 Å². The molecule has 1 aliphatic heterocycles. The molecule has 36 heavy (non-hydrogen) atoms. The van der Waals surface area contributed by atoms with E-state index in [0.29, 0.717) is 52.9 Å². The van der Waals surface area contributed by atoms with Gasteiger partial charge in [-0.15, -0.1) is 68.9 Å². The molecule has 5 rings (SSSR count). The lowest BCUT2D eigenvalue weighted by Gasteiger charge is -2.08. The SMILES string of the molecule is c1cc2c(s1)-c1ccc(s1)-c1ccc(s1)-c1sccc1SCCOCCOCCOCCOCCS2. The Bertz CT molecular complexity index is 1100. The van der Waals surface area contributed by atoms with Crippen LogP contribution < -0.4 is 0 Å². The molecule has 0 aromatic carbocycles. The summed E-state index contributed by atoms with van der Waals surface area (Å²) in [4.78, 5) is 10.7. The van der Waals surface area contributed by atoms with Crippen molar-refractivity contribution in [2.75, 3.05) is 64.4 Å². The molecular formula is C26H28O4S6. The predicted octanol–water partition coefficient (Wildman–Crippen LogP) is 8.20. The molecule has 4 aromatic heterocycles. The monoisotopic (exact) mass is 596 g/mol. The maximum atomic E-state index is 5.75. The van der Waals surface area contributed by atoms with Crippen LogP contribution in [0.25, 0.3) is 29.3 Å². The van der Waals surface area contributed by atoms with Crippen LogP contribution in [0.5, 0.6) is 0 Å². The van der Waals surface area contributed by atoms with Gasteiger partial charge in [0.15, 0.2) is 0 Å². The topological polar surface area (TPSA) is 36.9 Å². The van der Waals surface area contributed by atoms with E-state index >= 15 is 0 Å². The maximum absolute atomic E-state index is 5.75. The van der Waals surface area contributed by atoms with Crippen molar-refractivity contribution in [3.05, 3.63) is 47.2 Å². The Hall–Kier alpha value is -0.660. The molecule has 1 aliphatic rings. The Labute approximate surface area is 237 Å². The smallest absolute Gasteiger partial charge is 0.0701 e. The summed E-state index contributed by atoms with van der Waals surface area (Å²) in [6.45, 7) is 5.01. The van der Waals surface area contributed by atoms with E-state index in [2.05, 4.69) is 47.2 Å². The third-order valence-electron chi connectivity index (χ3n) is 5.25. The molecule has 4 nitrogen and oxygen atoms in total. The zero-order valence-corrected chi connectivity index (χ0v) is 24.7. The van der Waals surface area contributed by atoms with Gasteiger partial charge in [-0.25, -0.2) is 0 Å². The second-order valence-electron chi connectivity index (χ2n) is 7.70. The van der Waals surface area contributed by atoms with Crippen molar-refractivity contribution < 1.29 is 18.9 Å². The first-order chi connectivity index (χ1) is 17.9. The van der Waals surface area contributed by atoms with E-state index < -0.39 is 0 Å². The summed E-state index contributed by atoms with van der Waals surface area (Å²) < 4.78 is 22.7. The molecule has 0 unspecified atom stereocenters. The molecule has 4 aromatic rings. The molecule has 192 valence electrons. The lowest BCUT2D eigenvalue weighted by atomic mass is 10.3. The van der Waals surface area contributed by atoms with Crippen LogP contribution in [0.4, 0.5) is 0 Å². The van der Waals surface area contributed by atoms with E-state index in [9.17, 15) is 0 Å². The Morgan fingerprint density at radius 1 is 0.444 bits per heavy atom. The fraction of sp³-hybridized carbons (Fsp3) is 0.385. The minimum atomic E-state index is 0.584. The van der Waals surface area contributed by atoms with Crippen LogP contribution >= 0.6 is 68.9 Å². The van der Waals surface area contributed by atoms with E-state index in [0.717, 1.165) is 11.5 Å². The quantitative estimate of drug-likeness (QED) is 0.204. The number of ether oxygens (including phenoxy) is 4. The highest BCUT2D eigenvalue weighted by Crippen LogP contribution is 2.46. The van der Waals surface area contributed by atoms with E-state index in [1.54, 1.807) is 0 Å². The molecule has 4 bridgehead atoms. The van der Waals surface area contributed by atoms with Crippen LogP contribution in [0.15, 0.2) is 56.9 Å². The lowest BCUT2D eigenvalue weighted by Crippen LogP contribution is -2.12. The van der Waals surface area contributed by atoms with Crippen LogP contribution in [0, 0.1) is 0 Å². The summed E-state index contributed by atoms with van der Waals surface area (Å²) in [5.41, 5.74) is 0. The van der Waals surface area contributed by atoms with Crippen LogP contribution in [0.1, 0.15) is 0 Å². The molecule has 0 saturated heterocycles. The highest BCUT2D eigenvalue weighted by Gasteiger charge is 2.15. The van der Waals surface area contributed by atoms with Crippen molar-refractivity contribution in [3.8, 4) is 29.3 Å². The number of hydrogen-bond donors (Lipinski definition) is 0. The first-order valence-corrected chi connectivity index (χ1v) is 17.2. The van der Waals surface area contributed by atoms with Gasteiger partial charge in [0.1, 0.15) is 0 Å². The molecule has 0 saturated carbocycles. The standard InChI is InChI=1S/C26H28O4S6/c1-3-23-25-21(5-15-33-25)31-17-13-29-11-9-27-7-8-28-10-12-30-14-18-32-22-6-16-34-26(22)24-4-2-20(36-24)19(1)35-23/h1-6,15-16H,7-14,17-18H2. The minimum Gasteiger partial charge on any atom is -0.378 e. The van der Waals surface area contributed by atoms with Gasteiger partial charge in [0.25, 0.3) is 0 Å².